The van der Waals surface area contributed by atoms with E-state index in [1.165, 1.54) is 17.0 Å². The van der Waals surface area contributed by atoms with Gasteiger partial charge < -0.3 is 9.80 Å². The maximum Gasteiger partial charge on any atom is 0.270 e. The third-order valence-electron chi connectivity index (χ3n) is 8.03. The molecule has 0 bridgehead atoms. The highest BCUT2D eigenvalue weighted by Crippen LogP contribution is 2.38. The molecule has 3 aliphatic rings. The minimum absolute atomic E-state index is 0.0227. The number of benzene rings is 1. The Hall–Kier alpha value is -3.21. The van der Waals surface area contributed by atoms with Gasteiger partial charge in [0.2, 0.25) is 0 Å². The molecule has 9 nitrogen and oxygen atoms in total. The molecule has 222 valence electrons. The number of thiocarbonyl (C=S) groups is 1. The quantitative estimate of drug-likeness (QED) is 0.335. The summed E-state index contributed by atoms with van der Waals surface area (Å²) in [7, 11) is -3.22. The van der Waals surface area contributed by atoms with E-state index in [-0.39, 0.29) is 34.4 Å². The molecule has 3 saturated heterocycles. The van der Waals surface area contributed by atoms with Gasteiger partial charge in [0.15, 0.2) is 9.84 Å². The van der Waals surface area contributed by atoms with Crippen LogP contribution in [0.2, 0.25) is 0 Å². The molecule has 0 spiro atoms. The zero-order valence-electron chi connectivity index (χ0n) is 23.5. The summed E-state index contributed by atoms with van der Waals surface area (Å²) in [5.74, 6) is -0.0965. The summed E-state index contributed by atoms with van der Waals surface area (Å²) < 4.78 is 39.7. The summed E-state index contributed by atoms with van der Waals surface area (Å²) in [6.07, 6.45) is 3.62. The number of hydrogen-bond donors (Lipinski definition) is 0. The molecule has 4 heterocycles. The van der Waals surface area contributed by atoms with Gasteiger partial charge in [0.05, 0.1) is 22.5 Å². The summed E-state index contributed by atoms with van der Waals surface area (Å²) in [4.78, 5) is 33.2. The molecule has 0 N–H and O–H groups in total. The highest BCUT2D eigenvalue weighted by Gasteiger charge is 2.42. The fourth-order valence-corrected chi connectivity index (χ4v) is 8.82. The van der Waals surface area contributed by atoms with Gasteiger partial charge in [-0.2, -0.15) is 5.26 Å². The van der Waals surface area contributed by atoms with Crippen LogP contribution in [0.15, 0.2) is 34.0 Å². The Labute approximate surface area is 254 Å². The zero-order chi connectivity index (χ0) is 30.2. The van der Waals surface area contributed by atoms with Gasteiger partial charge in [-0.05, 0) is 55.7 Å². The van der Waals surface area contributed by atoms with Crippen molar-refractivity contribution >= 4 is 61.6 Å². The predicted molar refractivity (Wildman–Crippen MR) is 168 cm³/mol. The average Bonchev–Trinajstić information content (AvgIpc) is 3.46. The maximum atomic E-state index is 13.6. The van der Waals surface area contributed by atoms with E-state index in [0.717, 1.165) is 30.3 Å². The van der Waals surface area contributed by atoms with Gasteiger partial charge >= 0.3 is 0 Å². The smallest absolute Gasteiger partial charge is 0.270 e. The van der Waals surface area contributed by atoms with Gasteiger partial charge in [0.25, 0.3) is 11.5 Å². The number of amides is 1. The fraction of sp³-hybridized carbons (Fsp3) is 0.448. The molecule has 1 atom stereocenters. The molecule has 0 saturated carbocycles. The van der Waals surface area contributed by atoms with E-state index in [2.05, 4.69) is 15.9 Å². The number of anilines is 2. The van der Waals surface area contributed by atoms with Crippen molar-refractivity contribution in [1.29, 1.82) is 5.26 Å². The van der Waals surface area contributed by atoms with Gasteiger partial charge in [0.1, 0.15) is 27.6 Å². The number of sulfone groups is 1. The number of hydrogen-bond acceptors (Lipinski definition) is 9. The first-order chi connectivity index (χ1) is 20.0. The zero-order valence-corrected chi connectivity index (χ0v) is 26.0. The van der Waals surface area contributed by atoms with Crippen molar-refractivity contribution in [3.05, 3.63) is 62.0 Å². The number of nitriles is 1. The van der Waals surface area contributed by atoms with E-state index in [9.17, 15) is 27.7 Å². The fourth-order valence-electron chi connectivity index (χ4n) is 5.74. The van der Waals surface area contributed by atoms with Crippen molar-refractivity contribution in [2.24, 2.45) is 0 Å². The number of aromatic nitrogens is 1. The monoisotopic (exact) mass is 629 g/mol. The second-order valence-corrected chi connectivity index (χ2v) is 14.6. The first kappa shape index (κ1) is 30.3. The summed E-state index contributed by atoms with van der Waals surface area (Å²) in [6, 6.07) is 7.94. The minimum Gasteiger partial charge on any atom is -0.368 e. The highest BCUT2D eigenvalue weighted by molar-refractivity contribution is 8.26. The van der Waals surface area contributed by atoms with Crippen LogP contribution in [-0.4, -0.2) is 71.8 Å². The van der Waals surface area contributed by atoms with Gasteiger partial charge in [-0.1, -0.05) is 37.3 Å². The summed E-state index contributed by atoms with van der Waals surface area (Å²) in [5.41, 5.74) is 1.67. The van der Waals surface area contributed by atoms with Crippen LogP contribution in [0.5, 0.6) is 0 Å². The van der Waals surface area contributed by atoms with Gasteiger partial charge in [-0.15, -0.1) is 0 Å². The van der Waals surface area contributed by atoms with Crippen LogP contribution < -0.4 is 15.4 Å². The Morgan fingerprint density at radius 1 is 1.14 bits per heavy atom. The molecule has 3 aliphatic heterocycles. The standard InChI is InChI=1S/C29H32FN5O4S3/c1-3-4-10-34-26(33-13-11-32(12-14-33)21-7-5-20(30)6-8-21)23(19(2)24(17-31)27(34)36)16-25-28(37)35(29(40)41-25)22-9-15-42(38,39)18-22/h5-8,16,22H,3-4,9-15,18H2,1-2H3. The van der Waals surface area contributed by atoms with Crippen molar-refractivity contribution < 1.29 is 17.6 Å². The first-order valence-corrected chi connectivity index (χ1v) is 17.0. The lowest BCUT2D eigenvalue weighted by Crippen LogP contribution is -2.48. The number of piperazine rings is 1. The van der Waals surface area contributed by atoms with E-state index >= 15 is 0 Å². The molecule has 1 aromatic heterocycles. The van der Waals surface area contributed by atoms with E-state index < -0.39 is 15.9 Å². The number of nitrogens with zero attached hydrogens (tertiary/aromatic N) is 5. The summed E-state index contributed by atoms with van der Waals surface area (Å²) in [6.45, 7) is 6.56. The van der Waals surface area contributed by atoms with Crippen LogP contribution in [0.4, 0.5) is 15.9 Å². The van der Waals surface area contributed by atoms with E-state index in [1.54, 1.807) is 29.7 Å². The molecule has 1 amide bonds. The number of carbonyl (C=O) groups excluding carboxylic acids is 1. The molecule has 1 unspecified atom stereocenters. The van der Waals surface area contributed by atoms with Crippen LogP contribution in [0, 0.1) is 24.1 Å². The third kappa shape index (κ3) is 5.85. The number of carbonyl (C=O) groups is 1. The van der Waals surface area contributed by atoms with Crippen LogP contribution in [0.25, 0.3) is 6.08 Å². The topological polar surface area (TPSA) is 107 Å². The largest absolute Gasteiger partial charge is 0.368 e. The van der Waals surface area contributed by atoms with E-state index in [0.29, 0.717) is 65.3 Å². The van der Waals surface area contributed by atoms with E-state index in [1.807, 2.05) is 6.92 Å². The number of unbranched alkanes of at least 4 members (excludes halogenated alkanes) is 1. The Balaban J connectivity index is 1.55. The molecule has 2 aromatic rings. The summed E-state index contributed by atoms with van der Waals surface area (Å²) in [5, 5.41) is 9.96. The first-order valence-electron chi connectivity index (χ1n) is 13.9. The maximum absolute atomic E-state index is 13.6. The second-order valence-electron chi connectivity index (χ2n) is 10.7. The Morgan fingerprint density at radius 2 is 1.81 bits per heavy atom. The lowest BCUT2D eigenvalue weighted by molar-refractivity contribution is -0.123. The number of rotatable bonds is 7. The Kier molecular flexibility index (Phi) is 8.78. The summed E-state index contributed by atoms with van der Waals surface area (Å²) >= 11 is 6.63. The molecule has 42 heavy (non-hydrogen) atoms. The molecule has 5 rings (SSSR count). The molecule has 3 fully saturated rings. The number of pyridine rings is 1. The van der Waals surface area contributed by atoms with Gasteiger partial charge in [0, 0.05) is 44.0 Å². The van der Waals surface area contributed by atoms with Gasteiger partial charge in [-0.3, -0.25) is 19.1 Å². The van der Waals surface area contributed by atoms with Crippen LogP contribution in [0.3, 0.4) is 0 Å². The Morgan fingerprint density at radius 3 is 2.40 bits per heavy atom. The van der Waals surface area contributed by atoms with Crippen molar-refractivity contribution in [2.45, 2.75) is 45.7 Å². The normalized spacial score (nSPS) is 21.4. The Bertz CT molecular complexity index is 1660. The van der Waals surface area contributed by atoms with Crippen LogP contribution in [-0.2, 0) is 21.2 Å². The predicted octanol–water partition coefficient (Wildman–Crippen LogP) is 3.68. The minimum atomic E-state index is -3.22. The molecule has 13 heteroatoms. The molecule has 0 aliphatic carbocycles. The van der Waals surface area contributed by atoms with Crippen LogP contribution in [0.1, 0.15) is 42.9 Å². The highest BCUT2D eigenvalue weighted by atomic mass is 32.2. The van der Waals surface area contributed by atoms with Crippen molar-refractivity contribution in [1.82, 2.24) is 9.47 Å². The lowest BCUT2D eigenvalue weighted by Gasteiger charge is -2.39. The molecular formula is C29H32FN5O4S3. The molecular weight excluding hydrogens is 598 g/mol. The van der Waals surface area contributed by atoms with Crippen molar-refractivity contribution in [3.63, 3.8) is 0 Å². The number of thioether (sulfide) groups is 1. The SMILES string of the molecule is CCCCn1c(N2CCN(c3ccc(F)cc3)CC2)c(C=C2SC(=S)N(C3CCS(=O)(=O)C3)C2=O)c(C)c(C#N)c1=O. The third-order valence-corrected chi connectivity index (χ3v) is 11.1. The van der Waals surface area contributed by atoms with Crippen LogP contribution >= 0.6 is 24.0 Å². The average molecular weight is 630 g/mol. The lowest BCUT2D eigenvalue weighted by atomic mass is 10.0. The molecule has 0 radical (unpaired) electrons. The van der Waals surface area contributed by atoms with Crippen molar-refractivity contribution in [3.8, 4) is 6.07 Å². The molecule has 1 aromatic carbocycles. The van der Waals surface area contributed by atoms with Crippen molar-refractivity contribution in [2.75, 3.05) is 47.5 Å². The van der Waals surface area contributed by atoms with E-state index in [4.69, 9.17) is 12.2 Å². The second kappa shape index (κ2) is 12.2. The van der Waals surface area contributed by atoms with Gasteiger partial charge in [-0.25, -0.2) is 12.8 Å². The number of halogens is 1.